The molecule has 118 valence electrons. The molecule has 7 heteroatoms. The average molecular weight is 319 g/mol. The molecule has 2 aromatic heterocycles. The van der Waals surface area contributed by atoms with Gasteiger partial charge in [0.05, 0.1) is 17.3 Å². The van der Waals surface area contributed by atoms with Crippen LogP contribution in [0, 0.1) is 18.3 Å². The lowest BCUT2D eigenvalue weighted by Gasteiger charge is -2.06. The molecule has 2 N–H and O–H groups in total. The molecule has 2 heterocycles. The van der Waals surface area contributed by atoms with Crippen LogP contribution in [0.1, 0.15) is 11.1 Å². The highest BCUT2D eigenvalue weighted by Crippen LogP contribution is 2.27. The van der Waals surface area contributed by atoms with Crippen LogP contribution >= 0.6 is 0 Å². The van der Waals surface area contributed by atoms with Crippen LogP contribution in [0.4, 0.5) is 4.79 Å². The van der Waals surface area contributed by atoms with Crippen molar-refractivity contribution in [2.45, 2.75) is 6.92 Å². The number of carbonyl (C=O) groups is 1. The predicted molar refractivity (Wildman–Crippen MR) is 86.5 cm³/mol. The van der Waals surface area contributed by atoms with E-state index in [1.54, 1.807) is 18.2 Å². The molecule has 0 aliphatic rings. The Hall–Kier alpha value is -3.66. The first-order valence-corrected chi connectivity index (χ1v) is 7.08. The van der Waals surface area contributed by atoms with Crippen molar-refractivity contribution < 1.29 is 9.53 Å². The Morgan fingerprint density at radius 3 is 2.67 bits per heavy atom. The number of rotatable bonds is 3. The number of pyridine rings is 1. The molecular weight excluding hydrogens is 306 g/mol. The van der Waals surface area contributed by atoms with E-state index >= 15 is 0 Å². The third kappa shape index (κ3) is 3.08. The van der Waals surface area contributed by atoms with Crippen molar-refractivity contribution >= 4 is 6.09 Å². The third-order valence-corrected chi connectivity index (χ3v) is 3.33. The Bertz CT molecular complexity index is 938. The topological polar surface area (TPSA) is 107 Å². The first-order chi connectivity index (χ1) is 11.6. The van der Waals surface area contributed by atoms with Gasteiger partial charge in [-0.1, -0.05) is 29.8 Å². The minimum atomic E-state index is -0.950. The van der Waals surface area contributed by atoms with Gasteiger partial charge < -0.3 is 10.5 Å². The van der Waals surface area contributed by atoms with E-state index in [1.165, 1.54) is 10.9 Å². The summed E-state index contributed by atoms with van der Waals surface area (Å²) >= 11 is 0. The largest absolute Gasteiger partial charge is 0.411 e. The summed E-state index contributed by atoms with van der Waals surface area (Å²) in [4.78, 5) is 15.2. The summed E-state index contributed by atoms with van der Waals surface area (Å²) in [5.41, 5.74) is 8.14. The molecule has 0 radical (unpaired) electrons. The zero-order chi connectivity index (χ0) is 17.1. The van der Waals surface area contributed by atoms with Crippen LogP contribution in [0.15, 0.2) is 48.7 Å². The summed E-state index contributed by atoms with van der Waals surface area (Å²) in [6.07, 6.45) is 0.567. The first-order valence-electron chi connectivity index (χ1n) is 7.08. The van der Waals surface area contributed by atoms with Crippen LogP contribution in [-0.4, -0.2) is 20.9 Å². The van der Waals surface area contributed by atoms with Gasteiger partial charge in [0.15, 0.2) is 5.82 Å². The number of primary amides is 1. The molecule has 3 aromatic rings. The van der Waals surface area contributed by atoms with Crippen LogP contribution in [0.5, 0.6) is 5.88 Å². The minimum Gasteiger partial charge on any atom is -0.390 e. The zero-order valence-corrected chi connectivity index (χ0v) is 12.8. The van der Waals surface area contributed by atoms with E-state index in [4.69, 9.17) is 15.7 Å². The number of carbonyl (C=O) groups excluding carboxylic acids is 1. The average Bonchev–Trinajstić information content (AvgIpc) is 2.98. The van der Waals surface area contributed by atoms with Crippen molar-refractivity contribution in [1.29, 1.82) is 5.26 Å². The van der Waals surface area contributed by atoms with E-state index in [-0.39, 0.29) is 5.88 Å². The third-order valence-electron chi connectivity index (χ3n) is 3.33. The number of aromatic nitrogens is 3. The summed E-state index contributed by atoms with van der Waals surface area (Å²) < 4.78 is 6.38. The highest BCUT2D eigenvalue weighted by molar-refractivity contribution is 5.69. The highest BCUT2D eigenvalue weighted by Gasteiger charge is 2.15. The molecule has 0 saturated heterocycles. The quantitative estimate of drug-likeness (QED) is 0.798. The highest BCUT2D eigenvalue weighted by atomic mass is 16.6. The first kappa shape index (κ1) is 15.2. The maximum Gasteiger partial charge on any atom is 0.411 e. The van der Waals surface area contributed by atoms with Gasteiger partial charge in [-0.2, -0.15) is 5.26 Å². The molecule has 0 saturated carbocycles. The zero-order valence-electron chi connectivity index (χ0n) is 12.8. The number of nitrogens with zero attached hydrogens (tertiary/aromatic N) is 4. The molecule has 0 spiro atoms. The van der Waals surface area contributed by atoms with E-state index in [1.807, 2.05) is 31.2 Å². The molecule has 0 atom stereocenters. The Morgan fingerprint density at radius 1 is 1.25 bits per heavy atom. The monoisotopic (exact) mass is 319 g/mol. The van der Waals surface area contributed by atoms with Crippen molar-refractivity contribution in [3.8, 4) is 29.0 Å². The van der Waals surface area contributed by atoms with E-state index in [0.717, 1.165) is 11.1 Å². The Kier molecular flexibility index (Phi) is 3.95. The van der Waals surface area contributed by atoms with Crippen molar-refractivity contribution in [3.05, 3.63) is 59.8 Å². The van der Waals surface area contributed by atoms with Crippen LogP contribution in [0.3, 0.4) is 0 Å². The van der Waals surface area contributed by atoms with Gasteiger partial charge in [0.1, 0.15) is 0 Å². The minimum absolute atomic E-state index is 0.0576. The molecule has 0 aliphatic heterocycles. The second-order valence-electron chi connectivity index (χ2n) is 5.08. The van der Waals surface area contributed by atoms with Crippen molar-refractivity contribution in [3.63, 3.8) is 0 Å². The summed E-state index contributed by atoms with van der Waals surface area (Å²) in [6, 6.07) is 14.6. The molecule has 0 bridgehead atoms. The molecule has 1 amide bonds. The molecule has 0 unspecified atom stereocenters. The fourth-order valence-corrected chi connectivity index (χ4v) is 2.22. The molecular formula is C17H13N5O2. The van der Waals surface area contributed by atoms with Crippen molar-refractivity contribution in [2.24, 2.45) is 5.73 Å². The van der Waals surface area contributed by atoms with Gasteiger partial charge in [-0.3, -0.25) is 0 Å². The smallest absolute Gasteiger partial charge is 0.390 e. The second kappa shape index (κ2) is 6.22. The molecule has 0 fully saturated rings. The number of nitriles is 1. The SMILES string of the molecule is Cc1ccc(-c2cc(OC(N)=O)nn2-c2cc(C#N)ccn2)cc1. The number of hydrogen-bond acceptors (Lipinski definition) is 5. The van der Waals surface area contributed by atoms with Gasteiger partial charge in [0.2, 0.25) is 5.88 Å². The van der Waals surface area contributed by atoms with E-state index in [2.05, 4.69) is 16.2 Å². The van der Waals surface area contributed by atoms with Crippen molar-refractivity contribution in [2.75, 3.05) is 0 Å². The lowest BCUT2D eigenvalue weighted by Crippen LogP contribution is -2.16. The fraction of sp³-hybridized carbons (Fsp3) is 0.0588. The van der Waals surface area contributed by atoms with E-state index in [0.29, 0.717) is 17.1 Å². The standard InChI is InChI=1S/C17H13N5O2/c1-11-2-4-13(5-3-11)14-9-16(24-17(19)23)21-22(14)15-8-12(10-18)6-7-20-15/h2-9H,1H3,(H2,19,23). The number of benzene rings is 1. The summed E-state index contributed by atoms with van der Waals surface area (Å²) in [7, 11) is 0. The fourth-order valence-electron chi connectivity index (χ4n) is 2.22. The lowest BCUT2D eigenvalue weighted by atomic mass is 10.1. The van der Waals surface area contributed by atoms with Gasteiger partial charge >= 0.3 is 6.09 Å². The number of amides is 1. The lowest BCUT2D eigenvalue weighted by molar-refractivity contribution is 0.209. The maximum atomic E-state index is 11.0. The van der Waals surface area contributed by atoms with Gasteiger partial charge in [-0.05, 0) is 13.0 Å². The van der Waals surface area contributed by atoms with E-state index in [9.17, 15) is 4.79 Å². The second-order valence-corrected chi connectivity index (χ2v) is 5.08. The van der Waals surface area contributed by atoms with Gasteiger partial charge in [0, 0.05) is 23.9 Å². The van der Waals surface area contributed by atoms with Crippen molar-refractivity contribution in [1.82, 2.24) is 14.8 Å². The summed E-state index contributed by atoms with van der Waals surface area (Å²) in [5, 5.41) is 13.3. The number of aryl methyl sites for hydroxylation is 1. The number of hydrogen-bond donors (Lipinski definition) is 1. The number of nitrogens with two attached hydrogens (primary N) is 1. The van der Waals surface area contributed by atoms with Gasteiger partial charge in [-0.25, -0.2) is 14.5 Å². The molecule has 3 rings (SSSR count). The van der Waals surface area contributed by atoms with Crippen LogP contribution in [0.25, 0.3) is 17.1 Å². The molecule has 24 heavy (non-hydrogen) atoms. The predicted octanol–water partition coefficient (Wildman–Crippen LogP) is 2.57. The Labute approximate surface area is 137 Å². The Balaban J connectivity index is 2.15. The van der Waals surface area contributed by atoms with Gasteiger partial charge in [0.25, 0.3) is 0 Å². The maximum absolute atomic E-state index is 11.0. The normalized spacial score (nSPS) is 10.2. The van der Waals surface area contributed by atoms with Gasteiger partial charge in [-0.15, -0.1) is 5.10 Å². The van der Waals surface area contributed by atoms with Crippen LogP contribution in [0.2, 0.25) is 0 Å². The van der Waals surface area contributed by atoms with Crippen LogP contribution < -0.4 is 10.5 Å². The molecule has 1 aromatic carbocycles. The summed E-state index contributed by atoms with van der Waals surface area (Å²) in [5.74, 6) is 0.492. The Morgan fingerprint density at radius 2 is 2.00 bits per heavy atom. The molecule has 0 aliphatic carbocycles. The number of ether oxygens (including phenoxy) is 1. The summed E-state index contributed by atoms with van der Waals surface area (Å²) in [6.45, 7) is 1.99. The van der Waals surface area contributed by atoms with E-state index < -0.39 is 6.09 Å². The molecule has 7 nitrogen and oxygen atoms in total. The van der Waals surface area contributed by atoms with Crippen LogP contribution in [-0.2, 0) is 0 Å².